The molecule has 0 unspecified atom stereocenters. The van der Waals surface area contributed by atoms with E-state index in [-0.39, 0.29) is 4.90 Å². The fraction of sp³-hybridized carbons (Fsp3) is 0.263. The van der Waals surface area contributed by atoms with Gasteiger partial charge in [-0.1, -0.05) is 0 Å². The molecular weight excluding hydrogens is 396 g/mol. The largest absolute Gasteiger partial charge is 0.497 e. The lowest BCUT2D eigenvalue weighted by molar-refractivity contribution is 0.384. The lowest BCUT2D eigenvalue weighted by atomic mass is 10.2. The molecule has 3 heterocycles. The molecule has 1 saturated heterocycles. The Kier molecular flexibility index (Phi) is 5.29. The van der Waals surface area contributed by atoms with Crippen molar-refractivity contribution in [1.29, 1.82) is 0 Å². The van der Waals surface area contributed by atoms with Crippen molar-refractivity contribution in [3.05, 3.63) is 54.2 Å². The first kappa shape index (κ1) is 18.9. The molecule has 1 aromatic carbocycles. The highest BCUT2D eigenvalue weighted by molar-refractivity contribution is 7.89. The van der Waals surface area contributed by atoms with Crippen LogP contribution in [-0.2, 0) is 10.0 Å². The number of rotatable bonds is 5. The molecule has 1 fully saturated rings. The first-order chi connectivity index (χ1) is 13.6. The normalized spacial score (nSPS) is 15.5. The summed E-state index contributed by atoms with van der Waals surface area (Å²) in [6, 6.07) is 10.4. The van der Waals surface area contributed by atoms with Crippen LogP contribution in [-0.4, -0.2) is 56.0 Å². The van der Waals surface area contributed by atoms with Crippen molar-refractivity contribution in [3.63, 3.8) is 0 Å². The van der Waals surface area contributed by atoms with Gasteiger partial charge in [0, 0.05) is 49.5 Å². The molecule has 1 aliphatic rings. The van der Waals surface area contributed by atoms with Gasteiger partial charge in [0.05, 0.1) is 17.7 Å². The van der Waals surface area contributed by atoms with Gasteiger partial charge in [-0.15, -0.1) is 11.3 Å². The third kappa shape index (κ3) is 3.73. The summed E-state index contributed by atoms with van der Waals surface area (Å²) in [6.07, 6.45) is 3.49. The van der Waals surface area contributed by atoms with Crippen molar-refractivity contribution >= 4 is 26.5 Å². The Morgan fingerprint density at radius 2 is 1.68 bits per heavy atom. The average molecular weight is 417 g/mol. The molecule has 3 aromatic rings. The quantitative estimate of drug-likeness (QED) is 0.637. The molecule has 9 heteroatoms. The van der Waals surface area contributed by atoms with Crippen LogP contribution in [0.3, 0.4) is 0 Å². The van der Waals surface area contributed by atoms with Gasteiger partial charge in [-0.05, 0) is 36.4 Å². The van der Waals surface area contributed by atoms with E-state index in [9.17, 15) is 8.42 Å². The van der Waals surface area contributed by atoms with E-state index in [2.05, 4.69) is 9.88 Å². The van der Waals surface area contributed by atoms with Gasteiger partial charge < -0.3 is 9.64 Å². The summed E-state index contributed by atoms with van der Waals surface area (Å²) in [4.78, 5) is 11.2. The van der Waals surface area contributed by atoms with Crippen LogP contribution in [0, 0.1) is 0 Å². The molecule has 4 rings (SSSR count). The number of anilines is 1. The monoisotopic (exact) mass is 416 g/mol. The molecule has 0 radical (unpaired) electrons. The van der Waals surface area contributed by atoms with Crippen LogP contribution in [0.25, 0.3) is 11.3 Å². The second-order valence-corrected chi connectivity index (χ2v) is 9.09. The molecular formula is C19H20N4O3S2. The lowest BCUT2D eigenvalue weighted by Gasteiger charge is -2.33. The lowest BCUT2D eigenvalue weighted by Crippen LogP contribution is -2.48. The van der Waals surface area contributed by atoms with Crippen molar-refractivity contribution in [2.75, 3.05) is 38.2 Å². The van der Waals surface area contributed by atoms with Crippen LogP contribution >= 0.6 is 11.3 Å². The van der Waals surface area contributed by atoms with Crippen LogP contribution in [0.2, 0.25) is 0 Å². The Labute approximate surface area is 168 Å². The van der Waals surface area contributed by atoms with E-state index in [0.717, 1.165) is 16.4 Å². The van der Waals surface area contributed by atoms with Gasteiger partial charge in [-0.3, -0.25) is 4.98 Å². The Morgan fingerprint density at radius 3 is 2.32 bits per heavy atom. The summed E-state index contributed by atoms with van der Waals surface area (Å²) in [5.74, 6) is 0.637. The number of aromatic nitrogens is 2. The number of hydrogen-bond acceptors (Lipinski definition) is 7. The third-order valence-electron chi connectivity index (χ3n) is 4.67. The van der Waals surface area contributed by atoms with Crippen molar-refractivity contribution in [2.45, 2.75) is 4.90 Å². The molecule has 146 valence electrons. The number of thiazole rings is 1. The molecule has 0 atom stereocenters. The highest BCUT2D eigenvalue weighted by Crippen LogP contribution is 2.28. The Hall–Kier alpha value is -2.49. The summed E-state index contributed by atoms with van der Waals surface area (Å²) >= 11 is 1.57. The van der Waals surface area contributed by atoms with Crippen molar-refractivity contribution in [1.82, 2.24) is 14.3 Å². The van der Waals surface area contributed by atoms with E-state index in [1.54, 1.807) is 55.1 Å². The number of hydrogen-bond donors (Lipinski definition) is 0. The molecule has 0 aliphatic carbocycles. The summed E-state index contributed by atoms with van der Waals surface area (Å²) in [6.45, 7) is 2.08. The predicted octanol–water partition coefficient (Wildman–Crippen LogP) is 2.72. The van der Waals surface area contributed by atoms with Crippen molar-refractivity contribution in [3.8, 4) is 17.0 Å². The van der Waals surface area contributed by atoms with E-state index in [1.165, 1.54) is 4.31 Å². The first-order valence-electron chi connectivity index (χ1n) is 8.83. The van der Waals surface area contributed by atoms with E-state index < -0.39 is 10.0 Å². The molecule has 28 heavy (non-hydrogen) atoms. The van der Waals surface area contributed by atoms with Gasteiger partial charge in [0.2, 0.25) is 10.0 Å². The standard InChI is InChI=1S/C19H20N4O3S2/c1-26-16-2-4-17(5-3-16)28(24,25)23-12-10-22(11-13-23)19-21-18(14-27-19)15-6-8-20-9-7-15/h2-9,14H,10-13H2,1H3. The summed E-state index contributed by atoms with van der Waals surface area (Å²) in [5, 5.41) is 2.93. The molecule has 1 aliphatic heterocycles. The van der Waals surface area contributed by atoms with Gasteiger partial charge in [-0.2, -0.15) is 4.31 Å². The zero-order chi connectivity index (χ0) is 19.6. The number of methoxy groups -OCH3 is 1. The number of nitrogens with zero attached hydrogens (tertiary/aromatic N) is 4. The second-order valence-electron chi connectivity index (χ2n) is 6.32. The fourth-order valence-electron chi connectivity index (χ4n) is 3.08. The first-order valence-corrected chi connectivity index (χ1v) is 11.1. The molecule has 0 bridgehead atoms. The summed E-state index contributed by atoms with van der Waals surface area (Å²) < 4.78 is 32.4. The SMILES string of the molecule is COc1ccc(S(=O)(=O)N2CCN(c3nc(-c4ccncc4)cs3)CC2)cc1. The van der Waals surface area contributed by atoms with E-state index in [0.29, 0.717) is 31.9 Å². The van der Waals surface area contributed by atoms with Crippen LogP contribution in [0.5, 0.6) is 5.75 Å². The molecule has 0 spiro atoms. The van der Waals surface area contributed by atoms with Crippen LogP contribution < -0.4 is 9.64 Å². The molecule has 2 aromatic heterocycles. The number of benzene rings is 1. The zero-order valence-electron chi connectivity index (χ0n) is 15.4. The number of piperazine rings is 1. The Bertz CT molecular complexity index is 1030. The highest BCUT2D eigenvalue weighted by atomic mass is 32.2. The molecule has 0 N–H and O–H groups in total. The van der Waals surface area contributed by atoms with Gasteiger partial charge in [0.15, 0.2) is 5.13 Å². The highest BCUT2D eigenvalue weighted by Gasteiger charge is 2.29. The summed E-state index contributed by atoms with van der Waals surface area (Å²) in [7, 11) is -1.95. The minimum absolute atomic E-state index is 0.288. The smallest absolute Gasteiger partial charge is 0.243 e. The Morgan fingerprint density at radius 1 is 1.00 bits per heavy atom. The van der Waals surface area contributed by atoms with Gasteiger partial charge in [-0.25, -0.2) is 13.4 Å². The maximum atomic E-state index is 12.9. The minimum Gasteiger partial charge on any atom is -0.497 e. The van der Waals surface area contributed by atoms with Crippen LogP contribution in [0.1, 0.15) is 0 Å². The molecule has 0 saturated carbocycles. The van der Waals surface area contributed by atoms with E-state index in [4.69, 9.17) is 9.72 Å². The number of sulfonamides is 1. The third-order valence-corrected chi connectivity index (χ3v) is 7.49. The molecule has 0 amide bonds. The van der Waals surface area contributed by atoms with Crippen molar-refractivity contribution < 1.29 is 13.2 Å². The van der Waals surface area contributed by atoms with E-state index >= 15 is 0 Å². The second kappa shape index (κ2) is 7.86. The predicted molar refractivity (Wildman–Crippen MR) is 109 cm³/mol. The molecule has 7 nitrogen and oxygen atoms in total. The van der Waals surface area contributed by atoms with Crippen LogP contribution in [0.4, 0.5) is 5.13 Å². The summed E-state index contributed by atoms with van der Waals surface area (Å²) in [5.41, 5.74) is 1.94. The van der Waals surface area contributed by atoms with Gasteiger partial charge in [0.1, 0.15) is 5.75 Å². The maximum absolute atomic E-state index is 12.9. The van der Waals surface area contributed by atoms with E-state index in [1.807, 2.05) is 17.5 Å². The maximum Gasteiger partial charge on any atom is 0.243 e. The minimum atomic E-state index is -3.50. The Balaban J connectivity index is 1.44. The van der Waals surface area contributed by atoms with Crippen LogP contribution in [0.15, 0.2) is 59.1 Å². The topological polar surface area (TPSA) is 75.6 Å². The fourth-order valence-corrected chi connectivity index (χ4v) is 5.39. The zero-order valence-corrected chi connectivity index (χ0v) is 17.0. The number of pyridine rings is 1. The van der Waals surface area contributed by atoms with Crippen molar-refractivity contribution in [2.24, 2.45) is 0 Å². The van der Waals surface area contributed by atoms with Gasteiger partial charge in [0.25, 0.3) is 0 Å². The number of ether oxygens (including phenoxy) is 1. The average Bonchev–Trinajstić information content (AvgIpc) is 3.25. The van der Waals surface area contributed by atoms with Gasteiger partial charge >= 0.3 is 0 Å².